The summed E-state index contributed by atoms with van der Waals surface area (Å²) in [4.78, 5) is 10.4. The second-order valence-corrected chi connectivity index (χ2v) is 4.92. The van der Waals surface area contributed by atoms with Crippen molar-refractivity contribution in [3.05, 3.63) is 64.6 Å². The van der Waals surface area contributed by atoms with Crippen LogP contribution in [0.15, 0.2) is 64.6 Å². The maximum atomic E-state index is 12.7. The van der Waals surface area contributed by atoms with Crippen LogP contribution in [0.1, 0.15) is 0 Å². The fourth-order valence-electron chi connectivity index (χ4n) is 1.65. The Balaban J connectivity index is 2.09. The zero-order valence-corrected chi connectivity index (χ0v) is 12.7. The van der Waals surface area contributed by atoms with Gasteiger partial charge in [-0.15, -0.1) is 0 Å². The molecule has 0 aliphatic heterocycles. The quantitative estimate of drug-likeness (QED) is 0.802. The van der Waals surface area contributed by atoms with E-state index in [1.165, 1.54) is 24.3 Å². The maximum Gasteiger partial charge on any atom is 0.416 e. The molecule has 0 bridgehead atoms. The van der Waals surface area contributed by atoms with E-state index in [0.29, 0.717) is 5.75 Å². The van der Waals surface area contributed by atoms with Crippen molar-refractivity contribution in [3.63, 3.8) is 0 Å². The molecular weight excluding hydrogens is 349 g/mol. The highest BCUT2D eigenvalue weighted by molar-refractivity contribution is 6.32. The molecule has 0 aromatic heterocycles. The number of hydrogen-bond acceptors (Lipinski definition) is 3. The third-order valence-corrected chi connectivity index (χ3v) is 2.99. The van der Waals surface area contributed by atoms with Gasteiger partial charge >= 0.3 is 12.1 Å². The molecule has 24 heavy (non-hydrogen) atoms. The Morgan fingerprint density at radius 1 is 1.21 bits per heavy atom. The van der Waals surface area contributed by atoms with Crippen LogP contribution >= 0.6 is 11.6 Å². The van der Waals surface area contributed by atoms with E-state index in [2.05, 4.69) is 5.73 Å². The lowest BCUT2D eigenvalue weighted by Gasteiger charge is -2.09. The molecule has 2 rings (SSSR count). The van der Waals surface area contributed by atoms with Crippen molar-refractivity contribution >= 4 is 17.6 Å². The number of benzene rings is 1. The fraction of sp³-hybridized carbons (Fsp3) is 0.125. The van der Waals surface area contributed by atoms with Crippen LogP contribution < -0.4 is 9.47 Å². The molecule has 0 saturated carbocycles. The number of carboxylic acid groups (broad SMARTS) is 1. The Morgan fingerprint density at radius 2 is 1.83 bits per heavy atom. The second-order valence-electron chi connectivity index (χ2n) is 4.51. The van der Waals surface area contributed by atoms with Crippen LogP contribution in [0, 0.1) is 0 Å². The Morgan fingerprint density at radius 3 is 2.42 bits per heavy atom. The summed E-state index contributed by atoms with van der Waals surface area (Å²) in [6.07, 6.45) is -1.88. The van der Waals surface area contributed by atoms with Crippen molar-refractivity contribution in [1.82, 2.24) is 0 Å². The largest absolute Gasteiger partial charge is 0.482 e. The van der Waals surface area contributed by atoms with Crippen molar-refractivity contribution in [2.24, 2.45) is 0 Å². The molecule has 1 N–H and O–H groups in total. The Bertz CT molecular complexity index is 755. The predicted molar refractivity (Wildman–Crippen MR) is 79.9 cm³/mol. The summed E-state index contributed by atoms with van der Waals surface area (Å²) >= 11 is 5.84. The zero-order chi connectivity index (χ0) is 17.7. The lowest BCUT2D eigenvalue weighted by Crippen LogP contribution is -2.10. The van der Waals surface area contributed by atoms with E-state index in [0.717, 1.165) is 18.2 Å². The average Bonchev–Trinajstić information content (AvgIpc) is 2.68. The standard InChI is InChI=1S/C16H10ClF3O4/c17-13-8-10(16(18,19)20)2-1-3-14(13)24-12-6-4-11(5-7-12)23-9-15(21)22/h1-2,4-8H,9H2,(H,21,22). The van der Waals surface area contributed by atoms with Crippen molar-refractivity contribution in [2.75, 3.05) is 6.61 Å². The number of carboxylic acids is 1. The van der Waals surface area contributed by atoms with Gasteiger partial charge in [-0.2, -0.15) is 13.2 Å². The molecule has 0 atom stereocenters. The molecule has 0 radical (unpaired) electrons. The van der Waals surface area contributed by atoms with Crippen LogP contribution in [0.3, 0.4) is 0 Å². The Labute approximate surface area is 139 Å². The van der Waals surface area contributed by atoms with E-state index < -0.39 is 24.3 Å². The minimum atomic E-state index is -4.53. The van der Waals surface area contributed by atoms with Gasteiger partial charge in [-0.05, 0) is 42.5 Å². The molecule has 0 heterocycles. The van der Waals surface area contributed by atoms with Gasteiger partial charge in [0.2, 0.25) is 0 Å². The molecule has 0 spiro atoms. The van der Waals surface area contributed by atoms with Gasteiger partial charge in [-0.3, -0.25) is 0 Å². The fourth-order valence-corrected chi connectivity index (χ4v) is 1.86. The molecule has 1 aliphatic rings. The van der Waals surface area contributed by atoms with Crippen molar-refractivity contribution < 1.29 is 32.5 Å². The second kappa shape index (κ2) is 7.29. The Kier molecular flexibility index (Phi) is 5.39. The molecule has 1 aromatic carbocycles. The van der Waals surface area contributed by atoms with E-state index in [1.54, 1.807) is 0 Å². The predicted octanol–water partition coefficient (Wildman–Crippen LogP) is 4.19. The van der Waals surface area contributed by atoms with E-state index in [-0.39, 0.29) is 16.5 Å². The number of halogens is 4. The average molecular weight is 359 g/mol. The molecule has 1 aromatic rings. The van der Waals surface area contributed by atoms with Crippen molar-refractivity contribution in [1.29, 1.82) is 0 Å². The van der Waals surface area contributed by atoms with Crippen LogP contribution in [0.2, 0.25) is 0 Å². The van der Waals surface area contributed by atoms with Gasteiger partial charge in [-0.25, -0.2) is 4.79 Å². The van der Waals surface area contributed by atoms with Crippen LogP contribution in [0.4, 0.5) is 13.2 Å². The minimum Gasteiger partial charge on any atom is -0.482 e. The van der Waals surface area contributed by atoms with Crippen LogP contribution in [0.5, 0.6) is 11.5 Å². The molecule has 0 amide bonds. The van der Waals surface area contributed by atoms with Crippen LogP contribution in [-0.2, 0) is 4.79 Å². The molecular formula is C16H10ClF3O4. The highest BCUT2D eigenvalue weighted by atomic mass is 35.5. The number of rotatable bonds is 5. The Hall–Kier alpha value is -2.63. The van der Waals surface area contributed by atoms with E-state index in [1.807, 2.05) is 0 Å². The highest BCUT2D eigenvalue weighted by Crippen LogP contribution is 2.31. The lowest BCUT2D eigenvalue weighted by atomic mass is 10.2. The molecule has 0 saturated heterocycles. The molecule has 1 aliphatic carbocycles. The molecule has 0 fully saturated rings. The first-order valence-corrected chi connectivity index (χ1v) is 6.88. The first-order chi connectivity index (χ1) is 11.3. The summed E-state index contributed by atoms with van der Waals surface area (Å²) in [5.74, 6) is -0.617. The summed E-state index contributed by atoms with van der Waals surface area (Å²) in [6, 6.07) is 5.82. The van der Waals surface area contributed by atoms with Gasteiger partial charge in [0.05, 0.1) is 10.6 Å². The third-order valence-electron chi connectivity index (χ3n) is 2.71. The van der Waals surface area contributed by atoms with Gasteiger partial charge in [0.1, 0.15) is 11.5 Å². The van der Waals surface area contributed by atoms with Crippen LogP contribution in [0.25, 0.3) is 0 Å². The van der Waals surface area contributed by atoms with E-state index in [9.17, 15) is 18.0 Å². The van der Waals surface area contributed by atoms with Gasteiger partial charge in [0, 0.05) is 0 Å². The number of ether oxygens (including phenoxy) is 2. The molecule has 126 valence electrons. The van der Waals surface area contributed by atoms with Gasteiger partial charge < -0.3 is 14.6 Å². The van der Waals surface area contributed by atoms with Crippen LogP contribution in [-0.4, -0.2) is 23.9 Å². The summed E-state index contributed by atoms with van der Waals surface area (Å²) in [5, 5.41) is 8.26. The molecule has 4 nitrogen and oxygen atoms in total. The maximum absolute atomic E-state index is 12.7. The number of carbonyl (C=O) groups is 1. The van der Waals surface area contributed by atoms with E-state index >= 15 is 0 Å². The molecule has 0 unspecified atom stereocenters. The summed E-state index contributed by atoms with van der Waals surface area (Å²) in [5.41, 5.74) is 1.60. The summed E-state index contributed by atoms with van der Waals surface area (Å²) < 4.78 is 48.4. The third kappa shape index (κ3) is 4.94. The zero-order valence-electron chi connectivity index (χ0n) is 11.9. The number of alkyl halides is 3. The lowest BCUT2D eigenvalue weighted by molar-refractivity contribution is -0.139. The SMILES string of the molecule is O=C(O)COc1ccc(OC2=C=CC=C(C(F)(F)F)C=C2Cl)cc1. The first kappa shape index (κ1) is 17.7. The summed E-state index contributed by atoms with van der Waals surface area (Å²) in [7, 11) is 0. The monoisotopic (exact) mass is 358 g/mol. The summed E-state index contributed by atoms with van der Waals surface area (Å²) in [6.45, 7) is -0.492. The molecule has 8 heteroatoms. The van der Waals surface area contributed by atoms with Gasteiger partial charge in [-0.1, -0.05) is 17.3 Å². The van der Waals surface area contributed by atoms with Gasteiger partial charge in [0.15, 0.2) is 12.4 Å². The minimum absolute atomic E-state index is 0.0774. The topological polar surface area (TPSA) is 55.8 Å². The van der Waals surface area contributed by atoms with E-state index in [4.69, 9.17) is 26.2 Å². The first-order valence-electron chi connectivity index (χ1n) is 6.50. The van der Waals surface area contributed by atoms with Gasteiger partial charge in [0.25, 0.3) is 0 Å². The normalized spacial score (nSPS) is 14.2. The number of aliphatic carboxylic acids is 1. The highest BCUT2D eigenvalue weighted by Gasteiger charge is 2.32. The van der Waals surface area contributed by atoms with Crippen molar-refractivity contribution in [2.45, 2.75) is 6.18 Å². The van der Waals surface area contributed by atoms with Crippen molar-refractivity contribution in [3.8, 4) is 11.5 Å². The smallest absolute Gasteiger partial charge is 0.416 e. The number of hydrogen-bond donors (Lipinski definition) is 1. The number of allylic oxidation sites excluding steroid dienone is 4.